The van der Waals surface area contributed by atoms with Crippen LogP contribution >= 0.6 is 21.6 Å². The van der Waals surface area contributed by atoms with Crippen LogP contribution in [0.25, 0.3) is 0 Å². The van der Waals surface area contributed by atoms with Gasteiger partial charge in [-0.2, -0.15) is 0 Å². The molecule has 0 saturated carbocycles. The van der Waals surface area contributed by atoms with Crippen LogP contribution in [0.3, 0.4) is 0 Å². The molecule has 31 heavy (non-hydrogen) atoms. The predicted molar refractivity (Wildman–Crippen MR) is 126 cm³/mol. The number of sulfonamides is 1. The number of carbonyl (C=O) groups excluding carboxylic acids is 1. The van der Waals surface area contributed by atoms with E-state index >= 15 is 0 Å². The zero-order chi connectivity index (χ0) is 22.1. The fraction of sp³-hybridized carbons (Fsp3) is 0.409. The van der Waals surface area contributed by atoms with E-state index in [4.69, 9.17) is 0 Å². The summed E-state index contributed by atoms with van der Waals surface area (Å²) < 4.78 is 40.9. The fourth-order valence-corrected chi connectivity index (χ4v) is 7.36. The molecule has 1 saturated heterocycles. The summed E-state index contributed by atoms with van der Waals surface area (Å²) in [5.74, 6) is 0.794. The highest BCUT2D eigenvalue weighted by Gasteiger charge is 2.16. The SMILES string of the molecule is O=C(CCCCC1CCSS1)NCc1cccc(S(=O)(=O)NCc2cccc(F)c2)c1. The van der Waals surface area contributed by atoms with Gasteiger partial charge in [0, 0.05) is 30.5 Å². The van der Waals surface area contributed by atoms with Crippen molar-refractivity contribution >= 4 is 37.5 Å². The molecule has 0 radical (unpaired) electrons. The van der Waals surface area contributed by atoms with E-state index in [1.54, 1.807) is 24.3 Å². The molecule has 1 unspecified atom stereocenters. The van der Waals surface area contributed by atoms with Gasteiger partial charge in [-0.05, 0) is 54.7 Å². The maximum atomic E-state index is 13.3. The number of unbranched alkanes of at least 4 members (excludes halogenated alkanes) is 1. The van der Waals surface area contributed by atoms with Crippen LogP contribution in [0.2, 0.25) is 0 Å². The van der Waals surface area contributed by atoms with Gasteiger partial charge >= 0.3 is 0 Å². The lowest BCUT2D eigenvalue weighted by molar-refractivity contribution is -0.121. The summed E-state index contributed by atoms with van der Waals surface area (Å²) in [5.41, 5.74) is 1.25. The number of halogens is 1. The Morgan fingerprint density at radius 3 is 2.58 bits per heavy atom. The summed E-state index contributed by atoms with van der Waals surface area (Å²) in [6.45, 7) is 0.278. The topological polar surface area (TPSA) is 75.3 Å². The molecule has 5 nitrogen and oxygen atoms in total. The van der Waals surface area contributed by atoms with Gasteiger partial charge < -0.3 is 5.32 Å². The van der Waals surface area contributed by atoms with E-state index in [0.717, 1.165) is 24.5 Å². The van der Waals surface area contributed by atoms with Gasteiger partial charge in [-0.15, -0.1) is 0 Å². The van der Waals surface area contributed by atoms with E-state index < -0.39 is 15.8 Å². The minimum Gasteiger partial charge on any atom is -0.352 e. The van der Waals surface area contributed by atoms with Crippen molar-refractivity contribution in [2.45, 2.75) is 55.3 Å². The van der Waals surface area contributed by atoms with Gasteiger partial charge in [-0.1, -0.05) is 52.3 Å². The maximum Gasteiger partial charge on any atom is 0.240 e. The van der Waals surface area contributed by atoms with Gasteiger partial charge in [-0.3, -0.25) is 4.79 Å². The first-order chi connectivity index (χ1) is 14.9. The first-order valence-electron chi connectivity index (χ1n) is 10.3. The molecule has 0 bridgehead atoms. The van der Waals surface area contributed by atoms with Gasteiger partial charge in [0.1, 0.15) is 5.82 Å². The van der Waals surface area contributed by atoms with Gasteiger partial charge in [-0.25, -0.2) is 17.5 Å². The highest BCUT2D eigenvalue weighted by molar-refractivity contribution is 8.77. The van der Waals surface area contributed by atoms with Gasteiger partial charge in [0.2, 0.25) is 15.9 Å². The lowest BCUT2D eigenvalue weighted by Crippen LogP contribution is -2.24. The standard InChI is InChI=1S/C22H27FN2O3S3/c23-19-7-3-5-17(13-19)16-25-31(27,28)21-9-4-6-18(14-21)15-24-22(26)10-2-1-8-20-11-12-29-30-20/h3-7,9,13-14,20,25H,1-2,8,10-12,15-16H2,(H,24,26). The molecule has 1 aliphatic rings. The number of carbonyl (C=O) groups is 1. The summed E-state index contributed by atoms with van der Waals surface area (Å²) in [4.78, 5) is 12.2. The van der Waals surface area contributed by atoms with Crippen molar-refractivity contribution in [1.82, 2.24) is 10.0 Å². The Balaban J connectivity index is 1.44. The van der Waals surface area contributed by atoms with Crippen LogP contribution in [-0.4, -0.2) is 25.3 Å². The van der Waals surface area contributed by atoms with Crippen LogP contribution < -0.4 is 10.0 Å². The Kier molecular flexibility index (Phi) is 9.25. The predicted octanol–water partition coefficient (Wildman–Crippen LogP) is 4.63. The number of amides is 1. The molecule has 0 spiro atoms. The average molecular weight is 483 g/mol. The summed E-state index contributed by atoms with van der Waals surface area (Å²) >= 11 is 0. The minimum atomic E-state index is -3.75. The van der Waals surface area contributed by atoms with E-state index in [1.807, 2.05) is 21.6 Å². The lowest BCUT2D eigenvalue weighted by atomic mass is 10.1. The largest absolute Gasteiger partial charge is 0.352 e. The molecule has 2 N–H and O–H groups in total. The number of benzene rings is 2. The molecular weight excluding hydrogens is 455 g/mol. The normalized spacial score (nSPS) is 16.4. The van der Waals surface area contributed by atoms with Crippen LogP contribution in [0.4, 0.5) is 4.39 Å². The quantitative estimate of drug-likeness (QED) is 0.361. The summed E-state index contributed by atoms with van der Waals surface area (Å²) in [7, 11) is 0.145. The fourth-order valence-electron chi connectivity index (χ4n) is 3.24. The molecule has 168 valence electrons. The monoisotopic (exact) mass is 482 g/mol. The van der Waals surface area contributed by atoms with Crippen molar-refractivity contribution in [2.75, 3.05) is 5.75 Å². The van der Waals surface area contributed by atoms with Gasteiger partial charge in [0.25, 0.3) is 0 Å². The number of hydrogen-bond acceptors (Lipinski definition) is 5. The Morgan fingerprint density at radius 1 is 1.06 bits per heavy atom. The number of hydrogen-bond donors (Lipinski definition) is 2. The second-order valence-corrected chi connectivity index (χ2v) is 12.0. The van der Waals surface area contributed by atoms with Crippen molar-refractivity contribution in [1.29, 1.82) is 0 Å². The van der Waals surface area contributed by atoms with E-state index in [9.17, 15) is 17.6 Å². The van der Waals surface area contributed by atoms with E-state index in [0.29, 0.717) is 17.5 Å². The molecule has 1 aliphatic heterocycles. The summed E-state index contributed by atoms with van der Waals surface area (Å²) in [6, 6.07) is 12.3. The second kappa shape index (κ2) is 11.9. The van der Waals surface area contributed by atoms with Crippen LogP contribution in [-0.2, 0) is 27.9 Å². The smallest absolute Gasteiger partial charge is 0.240 e. The third kappa shape index (κ3) is 8.14. The van der Waals surface area contributed by atoms with E-state index in [-0.39, 0.29) is 23.9 Å². The van der Waals surface area contributed by atoms with Crippen LogP contribution in [0.1, 0.15) is 43.2 Å². The Morgan fingerprint density at radius 2 is 1.84 bits per heavy atom. The molecule has 9 heteroatoms. The molecule has 3 rings (SSSR count). The second-order valence-electron chi connectivity index (χ2n) is 7.45. The Hall–Kier alpha value is -1.55. The molecule has 0 aromatic heterocycles. The van der Waals surface area contributed by atoms with Crippen molar-refractivity contribution in [3.63, 3.8) is 0 Å². The van der Waals surface area contributed by atoms with Gasteiger partial charge in [0.15, 0.2) is 0 Å². The zero-order valence-corrected chi connectivity index (χ0v) is 19.6. The van der Waals surface area contributed by atoms with Crippen LogP contribution in [0.5, 0.6) is 0 Å². The first-order valence-corrected chi connectivity index (χ1v) is 14.2. The summed E-state index contributed by atoms with van der Waals surface area (Å²) in [6.07, 6.45) is 4.82. The van der Waals surface area contributed by atoms with Gasteiger partial charge in [0.05, 0.1) is 4.90 Å². The molecule has 2 aromatic rings. The Bertz CT molecular complexity index is 979. The molecule has 1 amide bonds. The third-order valence-corrected chi connectivity index (χ3v) is 9.37. The minimum absolute atomic E-state index is 0.000885. The molecule has 1 atom stereocenters. The molecule has 0 aliphatic carbocycles. The number of nitrogens with one attached hydrogen (secondary N) is 2. The molecule has 1 fully saturated rings. The molecular formula is C22H27FN2O3S3. The van der Waals surface area contributed by atoms with Crippen molar-refractivity contribution in [2.24, 2.45) is 0 Å². The maximum absolute atomic E-state index is 13.3. The molecule has 2 aromatic carbocycles. The van der Waals surface area contributed by atoms with E-state index in [1.165, 1.54) is 36.4 Å². The zero-order valence-electron chi connectivity index (χ0n) is 17.2. The molecule has 1 heterocycles. The average Bonchev–Trinajstić information content (AvgIpc) is 3.28. The van der Waals surface area contributed by atoms with Crippen molar-refractivity contribution < 1.29 is 17.6 Å². The van der Waals surface area contributed by atoms with Crippen molar-refractivity contribution in [3.8, 4) is 0 Å². The third-order valence-electron chi connectivity index (χ3n) is 4.96. The van der Waals surface area contributed by atoms with Crippen molar-refractivity contribution in [3.05, 3.63) is 65.5 Å². The first kappa shape index (κ1) is 24.1. The number of rotatable bonds is 11. The van der Waals surface area contributed by atoms with Crippen LogP contribution in [0.15, 0.2) is 53.4 Å². The Labute approximate surface area is 191 Å². The highest BCUT2D eigenvalue weighted by atomic mass is 33.1. The summed E-state index contributed by atoms with van der Waals surface area (Å²) in [5, 5.41) is 3.59. The van der Waals surface area contributed by atoms with E-state index in [2.05, 4.69) is 10.0 Å². The lowest BCUT2D eigenvalue weighted by Gasteiger charge is -2.10. The highest BCUT2D eigenvalue weighted by Crippen LogP contribution is 2.39. The van der Waals surface area contributed by atoms with Crippen LogP contribution in [0, 0.1) is 5.82 Å².